The van der Waals surface area contributed by atoms with Crippen LogP contribution in [-0.2, 0) is 6.61 Å². The van der Waals surface area contributed by atoms with E-state index in [9.17, 15) is 4.39 Å². The van der Waals surface area contributed by atoms with Crippen LogP contribution in [0.15, 0.2) is 30.6 Å². The minimum absolute atomic E-state index is 0.0354. The average Bonchev–Trinajstić information content (AvgIpc) is 2.61. The van der Waals surface area contributed by atoms with Gasteiger partial charge in [-0.05, 0) is 19.1 Å². The third kappa shape index (κ3) is 3.78. The standard InChI is InChI=1S/C17H18FN5O/c1-12-10-23(5-4-21-12)16-8-20-9-17(22-16)24-11-14-3-2-13(7-19)6-15(14)18/h2-3,6,8-9,12,21H,4-5,10-11H2,1H3/t12-/m0/s1. The topological polar surface area (TPSA) is 74.1 Å². The molecule has 6 nitrogen and oxygen atoms in total. The molecule has 7 heteroatoms. The van der Waals surface area contributed by atoms with Crippen LogP contribution in [0.5, 0.6) is 5.88 Å². The lowest BCUT2D eigenvalue weighted by Gasteiger charge is -2.32. The molecular formula is C17H18FN5O. The Morgan fingerprint density at radius 2 is 2.33 bits per heavy atom. The Kier molecular flexibility index (Phi) is 4.87. The molecule has 3 rings (SSSR count). The quantitative estimate of drug-likeness (QED) is 0.924. The second-order valence-electron chi connectivity index (χ2n) is 5.72. The van der Waals surface area contributed by atoms with Crippen molar-refractivity contribution in [3.63, 3.8) is 0 Å². The zero-order chi connectivity index (χ0) is 16.9. The lowest BCUT2D eigenvalue weighted by Crippen LogP contribution is -2.49. The smallest absolute Gasteiger partial charge is 0.234 e. The maximum Gasteiger partial charge on any atom is 0.234 e. The van der Waals surface area contributed by atoms with Crippen LogP contribution in [0.2, 0.25) is 0 Å². The zero-order valence-electron chi connectivity index (χ0n) is 13.4. The Hall–Kier alpha value is -2.72. The molecule has 1 saturated heterocycles. The zero-order valence-corrected chi connectivity index (χ0v) is 13.4. The summed E-state index contributed by atoms with van der Waals surface area (Å²) in [4.78, 5) is 10.8. The molecule has 0 aliphatic carbocycles. The normalized spacial score (nSPS) is 17.4. The number of nitriles is 1. The van der Waals surface area contributed by atoms with Gasteiger partial charge < -0.3 is 15.0 Å². The molecule has 2 aromatic rings. The molecule has 1 aromatic heterocycles. The monoisotopic (exact) mass is 327 g/mol. The first kappa shape index (κ1) is 16.1. The molecule has 1 N–H and O–H groups in total. The van der Waals surface area contributed by atoms with Crippen LogP contribution in [0.4, 0.5) is 10.2 Å². The Morgan fingerprint density at radius 1 is 1.46 bits per heavy atom. The van der Waals surface area contributed by atoms with Gasteiger partial charge in [0, 0.05) is 31.2 Å². The molecule has 0 saturated carbocycles. The van der Waals surface area contributed by atoms with E-state index in [2.05, 4.69) is 27.1 Å². The fourth-order valence-electron chi connectivity index (χ4n) is 2.59. The van der Waals surface area contributed by atoms with Gasteiger partial charge in [0.15, 0.2) is 5.82 Å². The summed E-state index contributed by atoms with van der Waals surface area (Å²) >= 11 is 0. The fraction of sp³-hybridized carbons (Fsp3) is 0.353. The minimum atomic E-state index is -0.464. The van der Waals surface area contributed by atoms with Gasteiger partial charge in [-0.3, -0.25) is 4.98 Å². The number of benzene rings is 1. The third-order valence-corrected chi connectivity index (χ3v) is 3.85. The number of nitrogens with zero attached hydrogens (tertiary/aromatic N) is 4. The number of aromatic nitrogens is 2. The van der Waals surface area contributed by atoms with Crippen LogP contribution in [-0.4, -0.2) is 35.6 Å². The van der Waals surface area contributed by atoms with E-state index in [0.29, 0.717) is 17.5 Å². The van der Waals surface area contributed by atoms with E-state index in [1.807, 2.05) is 6.07 Å². The van der Waals surface area contributed by atoms with E-state index in [-0.39, 0.29) is 12.2 Å². The molecule has 1 aliphatic rings. The van der Waals surface area contributed by atoms with Gasteiger partial charge in [0.2, 0.25) is 5.88 Å². The van der Waals surface area contributed by atoms with E-state index in [4.69, 9.17) is 10.00 Å². The molecule has 124 valence electrons. The summed E-state index contributed by atoms with van der Waals surface area (Å²) in [7, 11) is 0. The van der Waals surface area contributed by atoms with Crippen molar-refractivity contribution in [2.75, 3.05) is 24.5 Å². The van der Waals surface area contributed by atoms with Gasteiger partial charge in [-0.2, -0.15) is 10.2 Å². The predicted molar refractivity (Wildman–Crippen MR) is 87.2 cm³/mol. The summed E-state index contributed by atoms with van der Waals surface area (Å²) in [6.45, 7) is 4.75. The Morgan fingerprint density at radius 3 is 3.08 bits per heavy atom. The van der Waals surface area contributed by atoms with Crippen molar-refractivity contribution in [2.24, 2.45) is 0 Å². The number of hydrogen-bond acceptors (Lipinski definition) is 6. The summed E-state index contributed by atoms with van der Waals surface area (Å²) < 4.78 is 19.4. The SMILES string of the molecule is C[C@H]1CN(c2cncc(OCc3ccc(C#N)cc3F)n2)CCN1. The molecule has 1 aliphatic heterocycles. The van der Waals surface area contributed by atoms with Crippen molar-refractivity contribution in [2.45, 2.75) is 19.6 Å². The van der Waals surface area contributed by atoms with Crippen molar-refractivity contribution in [1.29, 1.82) is 5.26 Å². The van der Waals surface area contributed by atoms with Gasteiger partial charge in [0.05, 0.1) is 24.0 Å². The fourth-order valence-corrected chi connectivity index (χ4v) is 2.59. The molecule has 0 amide bonds. The van der Waals surface area contributed by atoms with Crippen LogP contribution in [0, 0.1) is 17.1 Å². The molecule has 0 radical (unpaired) electrons. The lowest BCUT2D eigenvalue weighted by molar-refractivity contribution is 0.286. The number of halogens is 1. The van der Waals surface area contributed by atoms with Gasteiger partial charge in [-0.25, -0.2) is 4.39 Å². The number of piperazine rings is 1. The third-order valence-electron chi connectivity index (χ3n) is 3.85. The Balaban J connectivity index is 1.68. The number of anilines is 1. The summed E-state index contributed by atoms with van der Waals surface area (Å²) in [6.07, 6.45) is 3.21. The van der Waals surface area contributed by atoms with Crippen LogP contribution in [0.25, 0.3) is 0 Å². The van der Waals surface area contributed by atoms with Gasteiger partial charge in [0.25, 0.3) is 0 Å². The summed E-state index contributed by atoms with van der Waals surface area (Å²) in [5.74, 6) is 0.637. The predicted octanol–water partition coefficient (Wildman–Crippen LogP) is 1.86. The summed E-state index contributed by atoms with van der Waals surface area (Å²) in [5.41, 5.74) is 0.655. The highest BCUT2D eigenvalue weighted by Gasteiger charge is 2.17. The van der Waals surface area contributed by atoms with Crippen LogP contribution < -0.4 is 15.0 Å². The molecule has 0 unspecified atom stereocenters. The first-order chi connectivity index (χ1) is 11.7. The molecule has 1 atom stereocenters. The first-order valence-electron chi connectivity index (χ1n) is 7.77. The van der Waals surface area contributed by atoms with Gasteiger partial charge in [-0.15, -0.1) is 0 Å². The molecule has 0 spiro atoms. The van der Waals surface area contributed by atoms with Crippen LogP contribution >= 0.6 is 0 Å². The number of ether oxygens (including phenoxy) is 1. The van der Waals surface area contributed by atoms with Gasteiger partial charge in [-0.1, -0.05) is 6.07 Å². The van der Waals surface area contributed by atoms with Gasteiger partial charge >= 0.3 is 0 Å². The highest BCUT2D eigenvalue weighted by Crippen LogP contribution is 2.18. The first-order valence-corrected chi connectivity index (χ1v) is 7.77. The van der Waals surface area contributed by atoms with Crippen molar-refractivity contribution in [3.05, 3.63) is 47.5 Å². The molecule has 24 heavy (non-hydrogen) atoms. The van der Waals surface area contributed by atoms with Crippen molar-refractivity contribution < 1.29 is 9.13 Å². The lowest BCUT2D eigenvalue weighted by atomic mass is 10.1. The van der Waals surface area contributed by atoms with E-state index < -0.39 is 5.82 Å². The number of rotatable bonds is 4. The number of hydrogen-bond donors (Lipinski definition) is 1. The van der Waals surface area contributed by atoms with Crippen molar-refractivity contribution in [3.8, 4) is 11.9 Å². The molecule has 2 heterocycles. The van der Waals surface area contributed by atoms with E-state index >= 15 is 0 Å². The van der Waals surface area contributed by atoms with E-state index in [1.54, 1.807) is 18.3 Å². The molecule has 0 bridgehead atoms. The maximum absolute atomic E-state index is 13.9. The van der Waals surface area contributed by atoms with E-state index in [1.165, 1.54) is 12.3 Å². The Labute approximate surface area is 139 Å². The van der Waals surface area contributed by atoms with Crippen molar-refractivity contribution in [1.82, 2.24) is 15.3 Å². The summed E-state index contributed by atoms with van der Waals surface area (Å²) in [5, 5.41) is 12.1. The van der Waals surface area contributed by atoms with Crippen LogP contribution in [0.3, 0.4) is 0 Å². The van der Waals surface area contributed by atoms with Crippen LogP contribution in [0.1, 0.15) is 18.1 Å². The number of nitrogens with one attached hydrogen (secondary N) is 1. The second-order valence-corrected chi connectivity index (χ2v) is 5.72. The molecular weight excluding hydrogens is 309 g/mol. The summed E-state index contributed by atoms with van der Waals surface area (Å²) in [6, 6.07) is 6.59. The highest BCUT2D eigenvalue weighted by atomic mass is 19.1. The molecule has 1 aromatic carbocycles. The van der Waals surface area contributed by atoms with Gasteiger partial charge in [0.1, 0.15) is 12.4 Å². The van der Waals surface area contributed by atoms with E-state index in [0.717, 1.165) is 25.5 Å². The minimum Gasteiger partial charge on any atom is -0.472 e. The molecule has 1 fully saturated rings. The van der Waals surface area contributed by atoms with Crippen molar-refractivity contribution >= 4 is 5.82 Å². The average molecular weight is 327 g/mol. The highest BCUT2D eigenvalue weighted by molar-refractivity contribution is 5.38. The largest absolute Gasteiger partial charge is 0.472 e. The second kappa shape index (κ2) is 7.23. The Bertz CT molecular complexity index is 761. The maximum atomic E-state index is 13.9.